The number of nitrogens with one attached hydrogen (secondary N) is 2. The SMILES string of the molecule is Cc1ccc(C(=O)NCCCNc2ccc(N)cn2)cc1C. The summed E-state index contributed by atoms with van der Waals surface area (Å²) in [7, 11) is 0. The molecule has 1 amide bonds. The number of aryl methyl sites for hydroxylation is 2. The molecule has 0 atom stereocenters. The van der Waals surface area contributed by atoms with Crippen LogP contribution >= 0.6 is 0 Å². The van der Waals surface area contributed by atoms with Crippen LogP contribution in [0.5, 0.6) is 0 Å². The summed E-state index contributed by atoms with van der Waals surface area (Å²) in [4.78, 5) is 16.2. The lowest BCUT2D eigenvalue weighted by Gasteiger charge is -2.08. The van der Waals surface area contributed by atoms with E-state index in [0.29, 0.717) is 17.8 Å². The molecule has 0 radical (unpaired) electrons. The van der Waals surface area contributed by atoms with Gasteiger partial charge in [-0.05, 0) is 55.7 Å². The molecule has 0 aliphatic carbocycles. The number of hydrogen-bond donors (Lipinski definition) is 3. The summed E-state index contributed by atoms with van der Waals surface area (Å²) >= 11 is 0. The largest absolute Gasteiger partial charge is 0.397 e. The molecule has 0 saturated heterocycles. The molecule has 0 fully saturated rings. The maximum atomic E-state index is 12.0. The Labute approximate surface area is 130 Å². The highest BCUT2D eigenvalue weighted by Crippen LogP contribution is 2.09. The summed E-state index contributed by atoms with van der Waals surface area (Å²) in [6.45, 7) is 5.40. The monoisotopic (exact) mass is 298 g/mol. The van der Waals surface area contributed by atoms with Crippen LogP contribution in [0.2, 0.25) is 0 Å². The summed E-state index contributed by atoms with van der Waals surface area (Å²) in [6.07, 6.45) is 2.44. The summed E-state index contributed by atoms with van der Waals surface area (Å²) in [5.41, 5.74) is 9.24. The number of aromatic nitrogens is 1. The van der Waals surface area contributed by atoms with E-state index in [4.69, 9.17) is 5.73 Å². The van der Waals surface area contributed by atoms with E-state index in [1.807, 2.05) is 38.1 Å². The van der Waals surface area contributed by atoms with Crippen molar-refractivity contribution in [2.75, 3.05) is 24.1 Å². The number of nitrogens with two attached hydrogens (primary N) is 1. The van der Waals surface area contributed by atoms with Crippen molar-refractivity contribution in [3.05, 3.63) is 53.2 Å². The van der Waals surface area contributed by atoms with Crippen LogP contribution in [0.15, 0.2) is 36.5 Å². The number of pyridine rings is 1. The molecule has 0 bridgehead atoms. The van der Waals surface area contributed by atoms with Gasteiger partial charge >= 0.3 is 0 Å². The Morgan fingerprint density at radius 1 is 1.14 bits per heavy atom. The fourth-order valence-corrected chi connectivity index (χ4v) is 2.00. The molecular weight excluding hydrogens is 276 g/mol. The van der Waals surface area contributed by atoms with E-state index in [-0.39, 0.29) is 5.91 Å². The van der Waals surface area contributed by atoms with Gasteiger partial charge in [-0.1, -0.05) is 6.07 Å². The topological polar surface area (TPSA) is 80.0 Å². The first-order valence-electron chi connectivity index (χ1n) is 7.37. The number of nitrogens with zero attached hydrogens (tertiary/aromatic N) is 1. The Morgan fingerprint density at radius 3 is 2.64 bits per heavy atom. The van der Waals surface area contributed by atoms with Gasteiger partial charge < -0.3 is 16.4 Å². The van der Waals surface area contributed by atoms with E-state index in [0.717, 1.165) is 24.3 Å². The van der Waals surface area contributed by atoms with Crippen molar-refractivity contribution in [1.29, 1.82) is 0 Å². The van der Waals surface area contributed by atoms with E-state index in [9.17, 15) is 4.79 Å². The van der Waals surface area contributed by atoms with E-state index in [1.54, 1.807) is 12.3 Å². The van der Waals surface area contributed by atoms with Crippen LogP contribution in [0.1, 0.15) is 27.9 Å². The molecule has 2 rings (SSSR count). The molecule has 0 saturated carbocycles. The highest BCUT2D eigenvalue weighted by molar-refractivity contribution is 5.94. The molecule has 5 nitrogen and oxygen atoms in total. The number of anilines is 2. The Morgan fingerprint density at radius 2 is 1.95 bits per heavy atom. The average molecular weight is 298 g/mol. The number of benzene rings is 1. The third kappa shape index (κ3) is 4.48. The second-order valence-corrected chi connectivity index (χ2v) is 5.31. The molecular formula is C17H22N4O. The number of amides is 1. The fourth-order valence-electron chi connectivity index (χ4n) is 2.00. The van der Waals surface area contributed by atoms with Gasteiger partial charge in [0.2, 0.25) is 0 Å². The molecule has 1 aromatic heterocycles. The summed E-state index contributed by atoms with van der Waals surface area (Å²) in [5, 5.41) is 6.11. The van der Waals surface area contributed by atoms with Crippen LogP contribution in [0.3, 0.4) is 0 Å². The Kier molecular flexibility index (Phi) is 5.36. The minimum absolute atomic E-state index is 0.0336. The van der Waals surface area contributed by atoms with E-state index in [1.165, 1.54) is 5.56 Å². The van der Waals surface area contributed by atoms with Crippen molar-refractivity contribution in [3.8, 4) is 0 Å². The van der Waals surface area contributed by atoms with Crippen molar-refractivity contribution >= 4 is 17.4 Å². The second kappa shape index (κ2) is 7.45. The molecule has 4 N–H and O–H groups in total. The lowest BCUT2D eigenvalue weighted by molar-refractivity contribution is 0.0953. The molecule has 1 heterocycles. The van der Waals surface area contributed by atoms with Crippen molar-refractivity contribution in [2.45, 2.75) is 20.3 Å². The van der Waals surface area contributed by atoms with Gasteiger partial charge in [0.05, 0.1) is 11.9 Å². The highest BCUT2D eigenvalue weighted by atomic mass is 16.1. The molecule has 0 spiro atoms. The molecule has 5 heteroatoms. The zero-order valence-corrected chi connectivity index (χ0v) is 13.0. The number of carbonyl (C=O) groups is 1. The Balaban J connectivity index is 1.70. The van der Waals surface area contributed by atoms with Gasteiger partial charge in [-0.2, -0.15) is 0 Å². The molecule has 0 unspecified atom stereocenters. The molecule has 0 aliphatic rings. The zero-order chi connectivity index (χ0) is 15.9. The van der Waals surface area contributed by atoms with Crippen LogP contribution in [0.4, 0.5) is 11.5 Å². The van der Waals surface area contributed by atoms with Crippen molar-refractivity contribution in [2.24, 2.45) is 0 Å². The highest BCUT2D eigenvalue weighted by Gasteiger charge is 2.05. The van der Waals surface area contributed by atoms with Crippen LogP contribution in [-0.4, -0.2) is 24.0 Å². The van der Waals surface area contributed by atoms with Crippen LogP contribution in [0, 0.1) is 13.8 Å². The van der Waals surface area contributed by atoms with E-state index < -0.39 is 0 Å². The number of rotatable bonds is 6. The lowest BCUT2D eigenvalue weighted by atomic mass is 10.1. The van der Waals surface area contributed by atoms with Crippen LogP contribution in [-0.2, 0) is 0 Å². The molecule has 0 aliphatic heterocycles. The third-order valence-electron chi connectivity index (χ3n) is 3.50. The molecule has 116 valence electrons. The molecule has 2 aromatic rings. The summed E-state index contributed by atoms with van der Waals surface area (Å²) < 4.78 is 0. The smallest absolute Gasteiger partial charge is 0.251 e. The first kappa shape index (κ1) is 15.8. The molecule has 1 aromatic carbocycles. The van der Waals surface area contributed by atoms with Gasteiger partial charge in [-0.15, -0.1) is 0 Å². The van der Waals surface area contributed by atoms with Gasteiger partial charge in [-0.25, -0.2) is 4.98 Å². The zero-order valence-electron chi connectivity index (χ0n) is 13.0. The maximum absolute atomic E-state index is 12.0. The van der Waals surface area contributed by atoms with Crippen molar-refractivity contribution in [1.82, 2.24) is 10.3 Å². The minimum Gasteiger partial charge on any atom is -0.397 e. The standard InChI is InChI=1S/C17H22N4O/c1-12-4-5-14(10-13(12)2)17(22)20-9-3-8-19-16-7-6-15(18)11-21-16/h4-7,10-11H,3,8-9,18H2,1-2H3,(H,19,21)(H,20,22). The van der Waals surface area contributed by atoms with Gasteiger partial charge in [0.25, 0.3) is 5.91 Å². The first-order chi connectivity index (χ1) is 10.6. The van der Waals surface area contributed by atoms with Gasteiger partial charge in [0.1, 0.15) is 5.82 Å². The summed E-state index contributed by atoms with van der Waals surface area (Å²) in [6, 6.07) is 9.38. The molecule has 22 heavy (non-hydrogen) atoms. The minimum atomic E-state index is -0.0336. The van der Waals surface area contributed by atoms with E-state index in [2.05, 4.69) is 15.6 Å². The third-order valence-corrected chi connectivity index (χ3v) is 3.50. The normalized spacial score (nSPS) is 10.3. The van der Waals surface area contributed by atoms with Gasteiger partial charge in [0.15, 0.2) is 0 Å². The Bertz CT molecular complexity index is 638. The lowest BCUT2D eigenvalue weighted by Crippen LogP contribution is -2.26. The fraction of sp³-hybridized carbons (Fsp3) is 0.294. The maximum Gasteiger partial charge on any atom is 0.251 e. The number of carbonyl (C=O) groups excluding carboxylic acids is 1. The number of hydrogen-bond acceptors (Lipinski definition) is 4. The van der Waals surface area contributed by atoms with Crippen LogP contribution < -0.4 is 16.4 Å². The number of nitrogen functional groups attached to an aromatic ring is 1. The summed E-state index contributed by atoms with van der Waals surface area (Å²) in [5.74, 6) is 0.753. The Hall–Kier alpha value is -2.56. The quantitative estimate of drug-likeness (QED) is 0.716. The van der Waals surface area contributed by atoms with Gasteiger partial charge in [-0.3, -0.25) is 4.79 Å². The predicted octanol–water partition coefficient (Wildman–Crippen LogP) is 2.51. The van der Waals surface area contributed by atoms with Gasteiger partial charge in [0, 0.05) is 18.7 Å². The van der Waals surface area contributed by atoms with Crippen molar-refractivity contribution < 1.29 is 4.79 Å². The second-order valence-electron chi connectivity index (χ2n) is 5.31. The average Bonchev–Trinajstić information content (AvgIpc) is 2.51. The predicted molar refractivity (Wildman–Crippen MR) is 90.0 cm³/mol. The van der Waals surface area contributed by atoms with Crippen LogP contribution in [0.25, 0.3) is 0 Å². The van der Waals surface area contributed by atoms with E-state index >= 15 is 0 Å². The van der Waals surface area contributed by atoms with Crippen molar-refractivity contribution in [3.63, 3.8) is 0 Å². The first-order valence-corrected chi connectivity index (χ1v) is 7.37.